The Balaban J connectivity index is 1.97. The predicted octanol–water partition coefficient (Wildman–Crippen LogP) is 3.12. The molecule has 26 heavy (non-hydrogen) atoms. The number of rotatable bonds is 7. The van der Waals surface area contributed by atoms with E-state index in [0.29, 0.717) is 22.6 Å². The number of carbonyl (C=O) groups is 2. The van der Waals surface area contributed by atoms with E-state index < -0.39 is 5.91 Å². The second-order valence-corrected chi connectivity index (χ2v) is 5.81. The van der Waals surface area contributed by atoms with Crippen molar-refractivity contribution in [1.29, 1.82) is 0 Å². The molecule has 6 heteroatoms. The van der Waals surface area contributed by atoms with Crippen LogP contribution in [-0.2, 0) is 6.42 Å². The first-order valence-electron chi connectivity index (χ1n) is 8.50. The molecular weight excluding hydrogens is 332 g/mol. The highest BCUT2D eigenvalue weighted by molar-refractivity contribution is 5.99. The summed E-state index contributed by atoms with van der Waals surface area (Å²) in [5, 5.41) is 0. The van der Waals surface area contributed by atoms with E-state index in [1.165, 1.54) is 19.8 Å². The van der Waals surface area contributed by atoms with Crippen LogP contribution in [0.1, 0.15) is 46.0 Å². The van der Waals surface area contributed by atoms with Crippen LogP contribution in [0.15, 0.2) is 42.5 Å². The maximum absolute atomic E-state index is 12.3. The molecule has 2 rings (SSSR count). The number of hydrazine groups is 1. The van der Waals surface area contributed by atoms with Crippen LogP contribution in [0.3, 0.4) is 0 Å². The fourth-order valence-electron chi connectivity index (χ4n) is 2.40. The number of amides is 2. The van der Waals surface area contributed by atoms with Crippen molar-refractivity contribution >= 4 is 11.8 Å². The van der Waals surface area contributed by atoms with Crippen LogP contribution in [0.2, 0.25) is 0 Å². The number of hydrogen-bond donors (Lipinski definition) is 2. The first kappa shape index (κ1) is 19.3. The molecule has 138 valence electrons. The van der Waals surface area contributed by atoms with E-state index in [9.17, 15) is 9.59 Å². The summed E-state index contributed by atoms with van der Waals surface area (Å²) in [6.07, 6.45) is 3.24. The molecule has 0 aliphatic rings. The van der Waals surface area contributed by atoms with Gasteiger partial charge in [0, 0.05) is 17.2 Å². The van der Waals surface area contributed by atoms with Gasteiger partial charge in [-0.3, -0.25) is 20.4 Å². The number of methoxy groups -OCH3 is 2. The lowest BCUT2D eigenvalue weighted by Crippen LogP contribution is -2.41. The Labute approximate surface area is 153 Å². The van der Waals surface area contributed by atoms with Gasteiger partial charge in [-0.2, -0.15) is 0 Å². The average molecular weight is 356 g/mol. The Hall–Kier alpha value is -3.02. The molecule has 0 radical (unpaired) electrons. The fraction of sp³-hybridized carbons (Fsp3) is 0.300. The summed E-state index contributed by atoms with van der Waals surface area (Å²) in [4.78, 5) is 24.4. The lowest BCUT2D eigenvalue weighted by atomic mass is 10.1. The van der Waals surface area contributed by atoms with Crippen molar-refractivity contribution in [1.82, 2.24) is 10.9 Å². The van der Waals surface area contributed by atoms with Gasteiger partial charge in [0.05, 0.1) is 14.2 Å². The van der Waals surface area contributed by atoms with E-state index in [-0.39, 0.29) is 5.91 Å². The molecule has 0 fully saturated rings. The third-order valence-corrected chi connectivity index (χ3v) is 3.94. The van der Waals surface area contributed by atoms with Crippen molar-refractivity contribution in [2.45, 2.75) is 26.2 Å². The van der Waals surface area contributed by atoms with Gasteiger partial charge in [-0.15, -0.1) is 0 Å². The van der Waals surface area contributed by atoms with E-state index in [2.05, 4.69) is 17.8 Å². The SMILES string of the molecule is CCCCc1ccc(C(=O)NNC(=O)c2cc(OC)cc(OC)c2)cc1. The van der Waals surface area contributed by atoms with Crippen LogP contribution >= 0.6 is 0 Å². The Morgan fingerprint density at radius 2 is 1.38 bits per heavy atom. The minimum absolute atomic E-state index is 0.316. The van der Waals surface area contributed by atoms with E-state index in [4.69, 9.17) is 9.47 Å². The lowest BCUT2D eigenvalue weighted by molar-refractivity contribution is 0.0846. The highest BCUT2D eigenvalue weighted by Crippen LogP contribution is 2.22. The first-order valence-corrected chi connectivity index (χ1v) is 8.50. The largest absolute Gasteiger partial charge is 0.497 e. The second-order valence-electron chi connectivity index (χ2n) is 5.81. The fourth-order valence-corrected chi connectivity index (χ4v) is 2.40. The standard InChI is InChI=1S/C20H24N2O4/c1-4-5-6-14-7-9-15(10-8-14)19(23)21-22-20(24)16-11-17(25-2)13-18(12-16)26-3/h7-13H,4-6H2,1-3H3,(H,21,23)(H,22,24). The topological polar surface area (TPSA) is 76.7 Å². The summed E-state index contributed by atoms with van der Waals surface area (Å²) in [6, 6.07) is 12.1. The maximum Gasteiger partial charge on any atom is 0.269 e. The summed E-state index contributed by atoms with van der Waals surface area (Å²) in [5.74, 6) is 0.136. The molecule has 0 spiro atoms. The van der Waals surface area contributed by atoms with Crippen molar-refractivity contribution in [3.05, 3.63) is 59.2 Å². The van der Waals surface area contributed by atoms with E-state index >= 15 is 0 Å². The van der Waals surface area contributed by atoms with Crippen LogP contribution in [0.5, 0.6) is 11.5 Å². The smallest absolute Gasteiger partial charge is 0.269 e. The Kier molecular flexibility index (Phi) is 7.02. The zero-order valence-corrected chi connectivity index (χ0v) is 15.3. The van der Waals surface area contributed by atoms with Crippen LogP contribution in [0, 0.1) is 0 Å². The predicted molar refractivity (Wildman–Crippen MR) is 99.5 cm³/mol. The number of aryl methyl sites for hydroxylation is 1. The highest BCUT2D eigenvalue weighted by Gasteiger charge is 2.12. The van der Waals surface area contributed by atoms with Gasteiger partial charge in [-0.1, -0.05) is 25.5 Å². The minimum Gasteiger partial charge on any atom is -0.497 e. The molecule has 6 nitrogen and oxygen atoms in total. The van der Waals surface area contributed by atoms with Crippen LogP contribution in [-0.4, -0.2) is 26.0 Å². The first-order chi connectivity index (χ1) is 12.6. The highest BCUT2D eigenvalue weighted by atomic mass is 16.5. The number of nitrogens with one attached hydrogen (secondary N) is 2. The minimum atomic E-state index is -0.463. The quantitative estimate of drug-likeness (QED) is 0.748. The van der Waals surface area contributed by atoms with Gasteiger partial charge in [0.15, 0.2) is 0 Å². The normalized spacial score (nSPS) is 10.1. The average Bonchev–Trinajstić information content (AvgIpc) is 2.69. The number of hydrogen-bond acceptors (Lipinski definition) is 4. The van der Waals surface area contributed by atoms with E-state index in [0.717, 1.165) is 19.3 Å². The molecule has 0 heterocycles. The Morgan fingerprint density at radius 3 is 1.88 bits per heavy atom. The molecule has 0 aliphatic carbocycles. The van der Waals surface area contributed by atoms with Gasteiger partial charge in [-0.05, 0) is 42.7 Å². The Bertz CT molecular complexity index is 735. The van der Waals surface area contributed by atoms with Crippen LogP contribution < -0.4 is 20.3 Å². The van der Waals surface area contributed by atoms with Crippen molar-refractivity contribution in [3.8, 4) is 11.5 Å². The van der Waals surface area contributed by atoms with Gasteiger partial charge < -0.3 is 9.47 Å². The van der Waals surface area contributed by atoms with Crippen molar-refractivity contribution < 1.29 is 19.1 Å². The van der Waals surface area contributed by atoms with Gasteiger partial charge in [0.25, 0.3) is 11.8 Å². The van der Waals surface area contributed by atoms with Crippen molar-refractivity contribution in [2.75, 3.05) is 14.2 Å². The molecule has 0 saturated carbocycles. The summed E-state index contributed by atoms with van der Waals surface area (Å²) in [7, 11) is 3.00. The van der Waals surface area contributed by atoms with Crippen molar-refractivity contribution in [2.24, 2.45) is 0 Å². The third-order valence-electron chi connectivity index (χ3n) is 3.94. The summed E-state index contributed by atoms with van der Waals surface area (Å²) >= 11 is 0. The summed E-state index contributed by atoms with van der Waals surface area (Å²) in [5.41, 5.74) is 6.80. The molecule has 0 bridgehead atoms. The zero-order chi connectivity index (χ0) is 18.9. The number of benzene rings is 2. The molecule has 2 N–H and O–H groups in total. The molecule has 2 aromatic carbocycles. The molecule has 2 amide bonds. The van der Waals surface area contributed by atoms with Gasteiger partial charge >= 0.3 is 0 Å². The summed E-state index contributed by atoms with van der Waals surface area (Å²) < 4.78 is 10.3. The zero-order valence-electron chi connectivity index (χ0n) is 15.3. The number of carbonyl (C=O) groups excluding carboxylic acids is 2. The molecular formula is C20H24N2O4. The summed E-state index contributed by atoms with van der Waals surface area (Å²) in [6.45, 7) is 2.14. The lowest BCUT2D eigenvalue weighted by Gasteiger charge is -2.10. The van der Waals surface area contributed by atoms with E-state index in [1.54, 1.807) is 30.3 Å². The maximum atomic E-state index is 12.3. The second kappa shape index (κ2) is 9.46. The van der Waals surface area contributed by atoms with Gasteiger partial charge in [0.1, 0.15) is 11.5 Å². The molecule has 0 unspecified atom stereocenters. The van der Waals surface area contributed by atoms with Crippen LogP contribution in [0.4, 0.5) is 0 Å². The molecule has 2 aromatic rings. The van der Waals surface area contributed by atoms with Gasteiger partial charge in [0.2, 0.25) is 0 Å². The van der Waals surface area contributed by atoms with E-state index in [1.807, 2.05) is 12.1 Å². The van der Waals surface area contributed by atoms with Gasteiger partial charge in [-0.25, -0.2) is 0 Å². The number of unbranched alkanes of at least 4 members (excludes halogenated alkanes) is 1. The molecule has 0 atom stereocenters. The third kappa shape index (κ3) is 5.24. The monoisotopic (exact) mass is 356 g/mol. The molecule has 0 saturated heterocycles. The number of ether oxygens (including phenoxy) is 2. The molecule has 0 aromatic heterocycles. The molecule has 0 aliphatic heterocycles. The van der Waals surface area contributed by atoms with Crippen molar-refractivity contribution in [3.63, 3.8) is 0 Å². The Morgan fingerprint density at radius 1 is 0.846 bits per heavy atom. The van der Waals surface area contributed by atoms with Crippen LogP contribution in [0.25, 0.3) is 0 Å².